The Hall–Kier alpha value is -1.63. The molecule has 2 fully saturated rings. The normalized spacial score (nSPS) is 22.6. The van der Waals surface area contributed by atoms with Crippen LogP contribution in [0, 0.1) is 12.3 Å². The van der Waals surface area contributed by atoms with Crippen LogP contribution in [0.4, 0.5) is 0 Å². The Bertz CT molecular complexity index is 889. The number of pyridine rings is 1. The second kappa shape index (κ2) is 7.25. The molecule has 0 N–H and O–H groups in total. The van der Waals surface area contributed by atoms with Crippen LogP contribution < -0.4 is 4.57 Å². The van der Waals surface area contributed by atoms with Gasteiger partial charge in [0.1, 0.15) is 7.05 Å². The highest BCUT2D eigenvalue weighted by Crippen LogP contribution is 2.46. The summed E-state index contributed by atoms with van der Waals surface area (Å²) < 4.78 is 2.36. The van der Waals surface area contributed by atoms with Gasteiger partial charge in [-0.1, -0.05) is 52.7 Å². The highest BCUT2D eigenvalue weighted by molar-refractivity contribution is 5.62. The van der Waals surface area contributed by atoms with E-state index in [2.05, 4.69) is 82.8 Å². The topological polar surface area (TPSA) is 3.88 Å². The summed E-state index contributed by atoms with van der Waals surface area (Å²) in [5.74, 6) is 0. The first kappa shape index (κ1) is 20.6. The third kappa shape index (κ3) is 3.90. The van der Waals surface area contributed by atoms with Crippen molar-refractivity contribution < 1.29 is 4.57 Å². The van der Waals surface area contributed by atoms with Gasteiger partial charge in [0.25, 0.3) is 0 Å². The number of rotatable bonds is 3. The molecule has 0 atom stereocenters. The Labute approximate surface area is 178 Å². The van der Waals surface area contributed by atoms with Gasteiger partial charge < -0.3 is 0 Å². The molecular formula is C28H40N+. The molecule has 1 aromatic heterocycles. The summed E-state index contributed by atoms with van der Waals surface area (Å²) >= 11 is 0. The Morgan fingerprint density at radius 2 is 1.31 bits per heavy atom. The summed E-state index contributed by atoms with van der Waals surface area (Å²) in [7, 11) is 2.22. The highest BCUT2D eigenvalue weighted by Gasteiger charge is 2.37. The van der Waals surface area contributed by atoms with Gasteiger partial charge in [-0.3, -0.25) is 0 Å². The fourth-order valence-electron chi connectivity index (χ4n) is 5.78. The van der Waals surface area contributed by atoms with Crippen LogP contribution in [0.1, 0.15) is 95.8 Å². The number of nitrogens with zero attached hydrogens (tertiary/aromatic N) is 1. The molecule has 2 aliphatic carbocycles. The largest absolute Gasteiger partial charge is 0.212 e. The fraction of sp³-hybridized carbons (Fsp3) is 0.607. The maximum atomic E-state index is 2.47. The Kier molecular flexibility index (Phi) is 5.16. The van der Waals surface area contributed by atoms with Crippen LogP contribution in [-0.4, -0.2) is 0 Å². The lowest BCUT2D eigenvalue weighted by atomic mass is 9.63. The van der Waals surface area contributed by atoms with E-state index in [0.717, 1.165) is 0 Å². The molecule has 0 saturated heterocycles. The number of benzene rings is 1. The first-order valence-corrected chi connectivity index (χ1v) is 11.7. The quantitative estimate of drug-likeness (QED) is 0.489. The zero-order valence-corrected chi connectivity index (χ0v) is 19.6. The monoisotopic (exact) mass is 390 g/mol. The molecule has 2 aliphatic rings. The molecule has 1 aromatic carbocycles. The summed E-state index contributed by atoms with van der Waals surface area (Å²) in [5.41, 5.74) is 8.37. The van der Waals surface area contributed by atoms with E-state index in [0.29, 0.717) is 16.2 Å². The average Bonchev–Trinajstić information content (AvgIpc) is 3.12. The summed E-state index contributed by atoms with van der Waals surface area (Å²) in [6.45, 7) is 12.1. The lowest BCUT2D eigenvalue weighted by Crippen LogP contribution is -2.37. The predicted molar refractivity (Wildman–Crippen MR) is 123 cm³/mol. The second-order valence-electron chi connectivity index (χ2n) is 11.4. The molecule has 0 unspecified atom stereocenters. The second-order valence-corrected chi connectivity index (χ2v) is 11.4. The van der Waals surface area contributed by atoms with Crippen molar-refractivity contribution in [2.45, 2.75) is 96.8 Å². The van der Waals surface area contributed by atoms with Crippen molar-refractivity contribution >= 4 is 0 Å². The summed E-state index contributed by atoms with van der Waals surface area (Å²) in [6.07, 6.45) is 13.1. The van der Waals surface area contributed by atoms with Gasteiger partial charge in [-0.2, -0.15) is 0 Å². The van der Waals surface area contributed by atoms with Crippen molar-refractivity contribution in [3.63, 3.8) is 0 Å². The highest BCUT2D eigenvalue weighted by atomic mass is 14.9. The molecule has 2 aromatic rings. The van der Waals surface area contributed by atoms with Crippen LogP contribution in [0.25, 0.3) is 11.3 Å². The molecule has 1 nitrogen and oxygen atoms in total. The summed E-state index contributed by atoms with van der Waals surface area (Å²) in [6, 6.07) is 12.0. The van der Waals surface area contributed by atoms with Gasteiger partial charge in [0, 0.05) is 17.2 Å². The Morgan fingerprint density at radius 1 is 0.724 bits per heavy atom. The van der Waals surface area contributed by atoms with Crippen LogP contribution in [0.5, 0.6) is 0 Å². The SMILES string of the molecule is Cc1cc(C2(C)CCCC2)ccc1-c1ccc(C2(C)CCC(C)(C)CC2)c[n+]1C. The molecule has 2 saturated carbocycles. The van der Waals surface area contributed by atoms with E-state index in [1.807, 2.05) is 0 Å². The lowest BCUT2D eigenvalue weighted by molar-refractivity contribution is -0.661. The van der Waals surface area contributed by atoms with Crippen LogP contribution in [0.2, 0.25) is 0 Å². The van der Waals surface area contributed by atoms with Gasteiger partial charge >= 0.3 is 0 Å². The number of hydrogen-bond donors (Lipinski definition) is 0. The molecule has 0 spiro atoms. The molecule has 0 bridgehead atoms. The van der Waals surface area contributed by atoms with Crippen LogP contribution in [-0.2, 0) is 17.9 Å². The van der Waals surface area contributed by atoms with Crippen molar-refractivity contribution in [3.8, 4) is 11.3 Å². The van der Waals surface area contributed by atoms with E-state index >= 15 is 0 Å². The van der Waals surface area contributed by atoms with Crippen LogP contribution >= 0.6 is 0 Å². The first-order valence-electron chi connectivity index (χ1n) is 11.7. The third-order valence-electron chi connectivity index (χ3n) is 8.44. The van der Waals surface area contributed by atoms with Gasteiger partial charge in [-0.15, -0.1) is 0 Å². The lowest BCUT2D eigenvalue weighted by Gasteiger charge is -2.41. The van der Waals surface area contributed by atoms with Crippen molar-refractivity contribution in [3.05, 3.63) is 53.2 Å². The molecule has 1 heteroatoms. The van der Waals surface area contributed by atoms with Gasteiger partial charge in [-0.25, -0.2) is 4.57 Å². The summed E-state index contributed by atoms with van der Waals surface area (Å²) in [4.78, 5) is 0. The van der Waals surface area contributed by atoms with Crippen molar-refractivity contribution in [2.24, 2.45) is 12.5 Å². The predicted octanol–water partition coefficient (Wildman–Crippen LogP) is 7.18. The van der Waals surface area contributed by atoms with Gasteiger partial charge in [0.15, 0.2) is 6.20 Å². The maximum Gasteiger partial charge on any atom is 0.212 e. The van der Waals surface area contributed by atoms with Crippen molar-refractivity contribution in [2.75, 3.05) is 0 Å². The molecule has 1 heterocycles. The zero-order valence-electron chi connectivity index (χ0n) is 19.6. The van der Waals surface area contributed by atoms with E-state index in [1.165, 1.54) is 79.3 Å². The molecule has 29 heavy (non-hydrogen) atoms. The Morgan fingerprint density at radius 3 is 1.90 bits per heavy atom. The number of hydrogen-bond acceptors (Lipinski definition) is 0. The number of aromatic nitrogens is 1. The smallest absolute Gasteiger partial charge is 0.201 e. The van der Waals surface area contributed by atoms with Crippen LogP contribution in [0.3, 0.4) is 0 Å². The van der Waals surface area contributed by atoms with Crippen molar-refractivity contribution in [1.82, 2.24) is 0 Å². The van der Waals surface area contributed by atoms with E-state index < -0.39 is 0 Å². The third-order valence-corrected chi connectivity index (χ3v) is 8.44. The standard InChI is InChI=1S/C28H40N/c1-21-19-22(27(4)13-7-8-14-27)9-11-24(21)25-12-10-23(20-29(25)6)28(5)17-15-26(2,3)16-18-28/h9-12,19-20H,7-8,13-18H2,1-6H3/q+1. The van der Waals surface area contributed by atoms with E-state index in [4.69, 9.17) is 0 Å². The van der Waals surface area contributed by atoms with Gasteiger partial charge in [0.2, 0.25) is 5.69 Å². The molecule has 156 valence electrons. The first-order chi connectivity index (χ1) is 13.6. The van der Waals surface area contributed by atoms with Gasteiger partial charge in [-0.05, 0) is 85.0 Å². The number of aryl methyl sites for hydroxylation is 2. The van der Waals surface area contributed by atoms with Crippen molar-refractivity contribution in [1.29, 1.82) is 0 Å². The molecule has 0 aliphatic heterocycles. The molecule has 0 amide bonds. The average molecular weight is 391 g/mol. The Balaban J connectivity index is 1.62. The van der Waals surface area contributed by atoms with E-state index in [9.17, 15) is 0 Å². The minimum absolute atomic E-state index is 0.321. The van der Waals surface area contributed by atoms with E-state index in [-0.39, 0.29) is 0 Å². The molecular weight excluding hydrogens is 350 g/mol. The molecule has 4 rings (SSSR count). The minimum atomic E-state index is 0.321. The minimum Gasteiger partial charge on any atom is -0.201 e. The van der Waals surface area contributed by atoms with Gasteiger partial charge in [0.05, 0.1) is 0 Å². The molecule has 0 radical (unpaired) electrons. The van der Waals surface area contributed by atoms with E-state index in [1.54, 1.807) is 0 Å². The zero-order chi connectivity index (χ0) is 20.9. The van der Waals surface area contributed by atoms with Crippen LogP contribution in [0.15, 0.2) is 36.5 Å². The fourth-order valence-corrected chi connectivity index (χ4v) is 5.78. The maximum absolute atomic E-state index is 2.47. The summed E-state index contributed by atoms with van der Waals surface area (Å²) in [5, 5.41) is 0.